The summed E-state index contributed by atoms with van der Waals surface area (Å²) in [5, 5.41) is 13.4. The van der Waals surface area contributed by atoms with Crippen LogP contribution < -0.4 is 9.62 Å². The zero-order valence-corrected chi connectivity index (χ0v) is 15.1. The van der Waals surface area contributed by atoms with Gasteiger partial charge in [-0.25, -0.2) is 8.42 Å². The molecule has 6 nitrogen and oxygen atoms in total. The van der Waals surface area contributed by atoms with Crippen molar-refractivity contribution >= 4 is 32.4 Å². The molecule has 0 radical (unpaired) electrons. The maximum absolute atomic E-state index is 12.9. The predicted molar refractivity (Wildman–Crippen MR) is 95.5 cm³/mol. The monoisotopic (exact) mass is 357 g/mol. The number of anilines is 1. The summed E-state index contributed by atoms with van der Waals surface area (Å²) < 4.78 is 26.8. The van der Waals surface area contributed by atoms with Gasteiger partial charge in [-0.2, -0.15) is 5.26 Å². The third-order valence-electron chi connectivity index (χ3n) is 4.75. The molecule has 0 fully saturated rings. The molecule has 130 valence electrons. The molecule has 1 heterocycles. The summed E-state index contributed by atoms with van der Waals surface area (Å²) in [6, 6.07) is 12.5. The molecule has 1 atom stereocenters. The summed E-state index contributed by atoms with van der Waals surface area (Å²) >= 11 is 0. The zero-order valence-electron chi connectivity index (χ0n) is 14.3. The third-order valence-corrected chi connectivity index (χ3v) is 6.56. The molecular formula is C18H19N3O3S. The van der Waals surface area contributed by atoms with Crippen LogP contribution in [0, 0.1) is 17.2 Å². The first-order valence-corrected chi connectivity index (χ1v) is 9.41. The Bertz CT molecular complexity index is 1000. The van der Waals surface area contributed by atoms with E-state index in [0.717, 1.165) is 9.69 Å². The number of sulfonamides is 1. The van der Waals surface area contributed by atoms with Crippen molar-refractivity contribution in [2.75, 3.05) is 10.8 Å². The first kappa shape index (κ1) is 17.2. The molecule has 0 unspecified atom stereocenters. The molecule has 25 heavy (non-hydrogen) atoms. The number of amides is 1. The smallest absolute Gasteiger partial charge is 0.265 e. The fourth-order valence-corrected chi connectivity index (χ4v) is 4.56. The number of nitrogens with zero attached hydrogens (tertiary/aromatic N) is 2. The van der Waals surface area contributed by atoms with Crippen molar-refractivity contribution in [2.24, 2.45) is 5.92 Å². The number of nitriles is 1. The van der Waals surface area contributed by atoms with Gasteiger partial charge in [0, 0.05) is 5.39 Å². The molecule has 0 saturated heterocycles. The van der Waals surface area contributed by atoms with E-state index >= 15 is 0 Å². The maximum Gasteiger partial charge on any atom is 0.265 e. The molecular weight excluding hydrogens is 338 g/mol. The second kappa shape index (κ2) is 5.74. The number of carbonyl (C=O) groups excluding carboxylic acids is 1. The summed E-state index contributed by atoms with van der Waals surface area (Å²) in [5.41, 5.74) is -0.564. The summed E-state index contributed by atoms with van der Waals surface area (Å²) in [4.78, 5) is 12.7. The van der Waals surface area contributed by atoms with E-state index < -0.39 is 21.5 Å². The lowest BCUT2D eigenvalue weighted by molar-refractivity contribution is -0.121. The lowest BCUT2D eigenvalue weighted by Crippen LogP contribution is -2.52. The van der Waals surface area contributed by atoms with E-state index in [1.54, 1.807) is 31.2 Å². The van der Waals surface area contributed by atoms with E-state index in [2.05, 4.69) is 11.4 Å². The molecule has 0 bridgehead atoms. The van der Waals surface area contributed by atoms with Crippen molar-refractivity contribution in [3.8, 4) is 6.07 Å². The Morgan fingerprint density at radius 3 is 2.52 bits per heavy atom. The normalized spacial score (nSPS) is 17.3. The molecule has 3 rings (SSSR count). The highest BCUT2D eigenvalue weighted by Crippen LogP contribution is 2.41. The Morgan fingerprint density at radius 1 is 1.28 bits per heavy atom. The summed E-state index contributed by atoms with van der Waals surface area (Å²) in [5.74, 6) is -0.622. The van der Waals surface area contributed by atoms with Gasteiger partial charge >= 0.3 is 0 Å². The van der Waals surface area contributed by atoms with Crippen LogP contribution >= 0.6 is 0 Å². The Morgan fingerprint density at radius 2 is 1.92 bits per heavy atom. The van der Waals surface area contributed by atoms with Gasteiger partial charge in [0.2, 0.25) is 5.91 Å². The fraction of sp³-hybridized carbons (Fsp3) is 0.333. The van der Waals surface area contributed by atoms with E-state index in [0.29, 0.717) is 11.1 Å². The van der Waals surface area contributed by atoms with E-state index in [4.69, 9.17) is 0 Å². The molecule has 0 spiro atoms. The zero-order chi connectivity index (χ0) is 18.4. The number of hydrogen-bond acceptors (Lipinski definition) is 4. The first-order chi connectivity index (χ1) is 11.7. The van der Waals surface area contributed by atoms with Crippen molar-refractivity contribution < 1.29 is 13.2 Å². The molecule has 1 aliphatic heterocycles. The van der Waals surface area contributed by atoms with E-state index in [-0.39, 0.29) is 17.4 Å². The van der Waals surface area contributed by atoms with Gasteiger partial charge in [-0.1, -0.05) is 38.1 Å². The quantitative estimate of drug-likeness (QED) is 0.910. The van der Waals surface area contributed by atoms with Gasteiger partial charge in [-0.05, 0) is 30.4 Å². The van der Waals surface area contributed by atoms with E-state index in [1.807, 2.05) is 26.0 Å². The molecule has 1 amide bonds. The van der Waals surface area contributed by atoms with Crippen molar-refractivity contribution in [3.63, 3.8) is 0 Å². The standard InChI is InChI=1S/C18H19N3O3S/c1-12(2)18(3,11-19)20-16(22)10-21-14-8-4-6-13-7-5-9-15(17(13)14)25(21,23)24/h4-9,12H,10H2,1-3H3,(H,20,22)/t18-/m1/s1. The van der Waals surface area contributed by atoms with Crippen LogP contribution in [0.4, 0.5) is 5.69 Å². The van der Waals surface area contributed by atoms with Crippen LogP contribution in [0.15, 0.2) is 41.3 Å². The van der Waals surface area contributed by atoms with E-state index in [9.17, 15) is 18.5 Å². The highest BCUT2D eigenvalue weighted by Gasteiger charge is 2.38. The lowest BCUT2D eigenvalue weighted by Gasteiger charge is -2.28. The fourth-order valence-electron chi connectivity index (χ4n) is 2.89. The number of hydrogen-bond donors (Lipinski definition) is 1. The average Bonchev–Trinajstić information content (AvgIpc) is 2.78. The van der Waals surface area contributed by atoms with Crippen LogP contribution in [0.3, 0.4) is 0 Å². The maximum atomic E-state index is 12.9. The summed E-state index contributed by atoms with van der Waals surface area (Å²) in [6.45, 7) is 4.92. The third kappa shape index (κ3) is 2.63. The predicted octanol–water partition coefficient (Wildman–Crippen LogP) is 2.40. The number of nitrogens with one attached hydrogen (secondary N) is 1. The van der Waals surface area contributed by atoms with Crippen LogP contribution in [-0.2, 0) is 14.8 Å². The van der Waals surface area contributed by atoms with E-state index in [1.165, 1.54) is 0 Å². The van der Waals surface area contributed by atoms with Crippen molar-refractivity contribution in [1.82, 2.24) is 5.32 Å². The lowest BCUT2D eigenvalue weighted by atomic mass is 9.90. The van der Waals surface area contributed by atoms with Gasteiger partial charge in [0.25, 0.3) is 10.0 Å². The van der Waals surface area contributed by atoms with Crippen LogP contribution in [0.1, 0.15) is 20.8 Å². The van der Waals surface area contributed by atoms with Gasteiger partial charge in [-0.3, -0.25) is 9.10 Å². The minimum atomic E-state index is -3.79. The number of benzene rings is 2. The molecule has 2 aromatic carbocycles. The molecule has 1 N–H and O–H groups in total. The first-order valence-electron chi connectivity index (χ1n) is 7.97. The Hall–Kier alpha value is -2.59. The average molecular weight is 357 g/mol. The van der Waals surface area contributed by atoms with Gasteiger partial charge in [-0.15, -0.1) is 0 Å². The van der Waals surface area contributed by atoms with Gasteiger partial charge in [0.1, 0.15) is 12.1 Å². The molecule has 7 heteroatoms. The van der Waals surface area contributed by atoms with Crippen molar-refractivity contribution in [2.45, 2.75) is 31.2 Å². The number of carbonyl (C=O) groups is 1. The number of rotatable bonds is 4. The van der Waals surface area contributed by atoms with Gasteiger partial charge < -0.3 is 5.32 Å². The van der Waals surface area contributed by atoms with Crippen LogP contribution in [0.5, 0.6) is 0 Å². The minimum Gasteiger partial charge on any atom is -0.336 e. The topological polar surface area (TPSA) is 90.3 Å². The second-order valence-electron chi connectivity index (χ2n) is 6.66. The van der Waals surface area contributed by atoms with Crippen molar-refractivity contribution in [3.05, 3.63) is 36.4 Å². The van der Waals surface area contributed by atoms with Crippen LogP contribution in [0.2, 0.25) is 0 Å². The molecule has 0 aliphatic carbocycles. The van der Waals surface area contributed by atoms with Crippen LogP contribution in [0.25, 0.3) is 10.8 Å². The second-order valence-corrected chi connectivity index (χ2v) is 8.49. The largest absolute Gasteiger partial charge is 0.336 e. The summed E-state index contributed by atoms with van der Waals surface area (Å²) in [7, 11) is -3.79. The highest BCUT2D eigenvalue weighted by molar-refractivity contribution is 7.93. The molecule has 2 aromatic rings. The van der Waals surface area contributed by atoms with Gasteiger partial charge in [0.05, 0.1) is 16.7 Å². The molecule has 0 aromatic heterocycles. The summed E-state index contributed by atoms with van der Waals surface area (Å²) in [6.07, 6.45) is 0. The van der Waals surface area contributed by atoms with Crippen molar-refractivity contribution in [1.29, 1.82) is 5.26 Å². The minimum absolute atomic E-state index is 0.114. The Kier molecular flexibility index (Phi) is 3.96. The molecule has 1 aliphatic rings. The highest BCUT2D eigenvalue weighted by atomic mass is 32.2. The van der Waals surface area contributed by atoms with Crippen LogP contribution in [-0.4, -0.2) is 26.4 Å². The molecule has 0 saturated carbocycles. The van der Waals surface area contributed by atoms with Gasteiger partial charge in [0.15, 0.2) is 0 Å². The SMILES string of the molecule is CC(C)[C@@](C)(C#N)NC(=O)CN1c2cccc3cccc(c23)S1(=O)=O. The Labute approximate surface area is 147 Å². The Balaban J connectivity index is 1.96.